The lowest BCUT2D eigenvalue weighted by molar-refractivity contribution is 1.36. The summed E-state index contributed by atoms with van der Waals surface area (Å²) < 4.78 is 0. The van der Waals surface area contributed by atoms with Gasteiger partial charge in [-0.25, -0.2) is 0 Å². The highest BCUT2D eigenvalue weighted by molar-refractivity contribution is 5.81. The summed E-state index contributed by atoms with van der Waals surface area (Å²) in [5.74, 6) is 0. The normalized spacial score (nSPS) is 10.1. The Balaban J connectivity index is 0.000000117. The Hall–Kier alpha value is -2.61. The lowest BCUT2D eigenvalue weighted by Crippen LogP contribution is -1.71. The van der Waals surface area contributed by atoms with Crippen molar-refractivity contribution in [1.82, 2.24) is 9.97 Å². The van der Waals surface area contributed by atoms with Crippen LogP contribution < -0.4 is 0 Å². The Bertz CT molecular complexity index is 691. The fourth-order valence-electron chi connectivity index (χ4n) is 2.02. The van der Waals surface area contributed by atoms with Crippen molar-refractivity contribution in [2.75, 3.05) is 0 Å². The fourth-order valence-corrected chi connectivity index (χ4v) is 2.02. The number of nitrogens with one attached hydrogen (secondary N) is 1. The number of aromatic amines is 1. The molecule has 19 heavy (non-hydrogen) atoms. The predicted octanol–water partition coefficient (Wildman–Crippen LogP) is 4.40. The maximum Gasteiger partial charge on any atom is 0.0346 e. The van der Waals surface area contributed by atoms with Gasteiger partial charge in [-0.15, -0.1) is 0 Å². The van der Waals surface area contributed by atoms with Gasteiger partial charge in [-0.3, -0.25) is 4.98 Å². The molecule has 2 aromatic carbocycles. The van der Waals surface area contributed by atoms with Gasteiger partial charge in [-0.05, 0) is 27.6 Å². The highest BCUT2D eigenvalue weighted by Gasteiger charge is 1.87. The van der Waals surface area contributed by atoms with Gasteiger partial charge >= 0.3 is 0 Å². The molecule has 0 radical (unpaired) electrons. The molecular weight excluding hydrogens is 232 g/mol. The molecule has 4 aromatic rings. The molecule has 0 fully saturated rings. The monoisotopic (exact) mass is 246 g/mol. The molecule has 0 saturated heterocycles. The van der Waals surface area contributed by atoms with Crippen molar-refractivity contribution in [2.45, 2.75) is 0 Å². The van der Waals surface area contributed by atoms with Gasteiger partial charge in [-0.2, -0.15) is 0 Å². The summed E-state index contributed by atoms with van der Waals surface area (Å²) in [6.45, 7) is 0. The van der Waals surface area contributed by atoms with Crippen LogP contribution in [-0.4, -0.2) is 9.97 Å². The van der Waals surface area contributed by atoms with Crippen LogP contribution in [0.15, 0.2) is 79.4 Å². The van der Waals surface area contributed by atoms with Gasteiger partial charge in [0.15, 0.2) is 0 Å². The molecule has 1 N–H and O–H groups in total. The minimum atomic E-state index is 1.20. The van der Waals surface area contributed by atoms with Crippen molar-refractivity contribution in [2.24, 2.45) is 0 Å². The molecule has 0 saturated carbocycles. The van der Waals surface area contributed by atoms with Gasteiger partial charge in [0.1, 0.15) is 0 Å². The summed E-state index contributed by atoms with van der Waals surface area (Å²) >= 11 is 0. The van der Waals surface area contributed by atoms with E-state index in [-0.39, 0.29) is 0 Å². The lowest BCUT2D eigenvalue weighted by Gasteiger charge is -1.91. The number of fused-ring (bicyclic) bond motifs is 2. The molecule has 4 rings (SSSR count). The molecule has 92 valence electrons. The largest absolute Gasteiger partial charge is 0.366 e. The van der Waals surface area contributed by atoms with E-state index in [0.29, 0.717) is 0 Å². The minimum Gasteiger partial charge on any atom is -0.366 e. The number of benzene rings is 2. The zero-order valence-corrected chi connectivity index (χ0v) is 10.5. The van der Waals surface area contributed by atoms with E-state index in [1.54, 1.807) is 0 Å². The highest BCUT2D eigenvalue weighted by Crippen LogP contribution is 2.10. The quantitative estimate of drug-likeness (QED) is 0.489. The van der Waals surface area contributed by atoms with Gasteiger partial charge in [0.05, 0.1) is 0 Å². The van der Waals surface area contributed by atoms with Gasteiger partial charge < -0.3 is 4.98 Å². The number of H-pyrrole nitrogens is 1. The summed E-state index contributed by atoms with van der Waals surface area (Å²) in [7, 11) is 0. The van der Waals surface area contributed by atoms with Gasteiger partial charge in [0, 0.05) is 24.8 Å². The zero-order chi connectivity index (χ0) is 12.9. The van der Waals surface area contributed by atoms with Crippen LogP contribution in [0.4, 0.5) is 0 Å². The second kappa shape index (κ2) is 5.36. The molecule has 0 aliphatic heterocycles. The molecule has 0 aliphatic carbocycles. The fraction of sp³-hybridized carbons (Fsp3) is 0. The minimum absolute atomic E-state index is 1.20. The maximum absolute atomic E-state index is 4.01. The van der Waals surface area contributed by atoms with Crippen molar-refractivity contribution in [3.8, 4) is 0 Å². The summed E-state index contributed by atoms with van der Waals surface area (Å²) in [6.07, 6.45) is 7.67. The van der Waals surface area contributed by atoms with E-state index in [4.69, 9.17) is 0 Å². The molecule has 2 heteroatoms. The first-order valence-corrected chi connectivity index (χ1v) is 6.24. The van der Waals surface area contributed by atoms with Crippen LogP contribution in [0.2, 0.25) is 0 Å². The SMILES string of the molecule is c1ccc2c[nH]cc2c1.c1ccc2cnccc2c1. The average molecular weight is 246 g/mol. The first kappa shape index (κ1) is 11.5. The van der Waals surface area contributed by atoms with Crippen LogP contribution in [-0.2, 0) is 0 Å². The standard InChI is InChI=1S/C9H7N.C8H7N/c1-2-4-9-7-10-6-5-8(9)3-1;1-2-4-8-6-9-5-7(8)3-1/h1-7H;1-6,9H. The number of nitrogens with zero attached hydrogens (tertiary/aromatic N) is 1. The average Bonchev–Trinajstić information content (AvgIpc) is 2.96. The number of hydrogen-bond donors (Lipinski definition) is 1. The van der Waals surface area contributed by atoms with Crippen LogP contribution in [0.3, 0.4) is 0 Å². The first-order valence-electron chi connectivity index (χ1n) is 6.24. The van der Waals surface area contributed by atoms with Crippen LogP contribution in [0, 0.1) is 0 Å². The molecule has 0 amide bonds. The predicted molar refractivity (Wildman–Crippen MR) is 80.0 cm³/mol. The van der Waals surface area contributed by atoms with Crippen LogP contribution in [0.5, 0.6) is 0 Å². The Morgan fingerprint density at radius 2 is 1.21 bits per heavy atom. The maximum atomic E-state index is 4.01. The Morgan fingerprint density at radius 3 is 1.84 bits per heavy atom. The molecule has 0 aliphatic rings. The summed E-state index contributed by atoms with van der Waals surface area (Å²) in [5, 5.41) is 5.00. The van der Waals surface area contributed by atoms with E-state index < -0.39 is 0 Å². The Kier molecular flexibility index (Phi) is 3.24. The van der Waals surface area contributed by atoms with Crippen LogP contribution >= 0.6 is 0 Å². The zero-order valence-electron chi connectivity index (χ0n) is 10.5. The van der Waals surface area contributed by atoms with Crippen molar-refractivity contribution < 1.29 is 0 Å². The molecule has 0 unspecified atom stereocenters. The van der Waals surface area contributed by atoms with Crippen molar-refractivity contribution in [3.05, 3.63) is 79.4 Å². The molecule has 2 nitrogen and oxygen atoms in total. The molecule has 0 atom stereocenters. The van der Waals surface area contributed by atoms with E-state index in [2.05, 4.69) is 34.2 Å². The summed E-state index contributed by atoms with van der Waals surface area (Å²) in [6, 6.07) is 18.4. The van der Waals surface area contributed by atoms with E-state index >= 15 is 0 Å². The molecular formula is C17H14N2. The highest BCUT2D eigenvalue weighted by atomic mass is 14.6. The first-order chi connectivity index (χ1) is 9.43. The van der Waals surface area contributed by atoms with E-state index in [9.17, 15) is 0 Å². The molecule has 2 aromatic heterocycles. The van der Waals surface area contributed by atoms with Gasteiger partial charge in [0.2, 0.25) is 0 Å². The Morgan fingerprint density at radius 1 is 0.632 bits per heavy atom. The van der Waals surface area contributed by atoms with Crippen molar-refractivity contribution >= 4 is 21.5 Å². The molecule has 2 heterocycles. The van der Waals surface area contributed by atoms with E-state index in [1.807, 2.05) is 55.1 Å². The number of hydrogen-bond acceptors (Lipinski definition) is 1. The van der Waals surface area contributed by atoms with E-state index in [0.717, 1.165) is 0 Å². The number of aromatic nitrogens is 2. The van der Waals surface area contributed by atoms with Crippen molar-refractivity contribution in [1.29, 1.82) is 0 Å². The lowest BCUT2D eigenvalue weighted by atomic mass is 10.2. The third-order valence-corrected chi connectivity index (χ3v) is 3.02. The van der Waals surface area contributed by atoms with Crippen molar-refractivity contribution in [3.63, 3.8) is 0 Å². The topological polar surface area (TPSA) is 28.7 Å². The van der Waals surface area contributed by atoms with Crippen LogP contribution in [0.25, 0.3) is 21.5 Å². The van der Waals surface area contributed by atoms with Crippen LogP contribution in [0.1, 0.15) is 0 Å². The smallest absolute Gasteiger partial charge is 0.0346 e. The second-order valence-corrected chi connectivity index (χ2v) is 4.31. The van der Waals surface area contributed by atoms with Gasteiger partial charge in [-0.1, -0.05) is 48.5 Å². The number of pyridine rings is 1. The second-order valence-electron chi connectivity index (χ2n) is 4.31. The van der Waals surface area contributed by atoms with E-state index in [1.165, 1.54) is 21.5 Å². The number of rotatable bonds is 0. The summed E-state index contributed by atoms with van der Waals surface area (Å²) in [4.78, 5) is 7.05. The molecule has 0 bridgehead atoms. The summed E-state index contributed by atoms with van der Waals surface area (Å²) in [5.41, 5.74) is 0. The Labute approximate surface area is 111 Å². The third kappa shape index (κ3) is 2.63. The third-order valence-electron chi connectivity index (χ3n) is 3.02. The van der Waals surface area contributed by atoms with Gasteiger partial charge in [0.25, 0.3) is 0 Å². The molecule has 0 spiro atoms.